The lowest BCUT2D eigenvalue weighted by molar-refractivity contribution is 0.111. The van der Waals surface area contributed by atoms with Gasteiger partial charge in [-0.2, -0.15) is 4.39 Å². The quantitative estimate of drug-likeness (QED) is 0.698. The number of ether oxygens (including phenoxy) is 1. The van der Waals surface area contributed by atoms with E-state index in [9.17, 15) is 13.6 Å². The maximum absolute atomic E-state index is 13.1. The van der Waals surface area contributed by atoms with E-state index < -0.39 is 11.6 Å². The van der Waals surface area contributed by atoms with Crippen molar-refractivity contribution in [2.75, 3.05) is 6.61 Å². The van der Waals surface area contributed by atoms with Crippen molar-refractivity contribution in [2.24, 2.45) is 0 Å². The van der Waals surface area contributed by atoms with Crippen molar-refractivity contribution >= 4 is 6.29 Å². The Morgan fingerprint density at radius 3 is 2.64 bits per heavy atom. The molecule has 0 unspecified atom stereocenters. The van der Waals surface area contributed by atoms with Crippen LogP contribution in [0.25, 0.3) is 0 Å². The van der Waals surface area contributed by atoms with Crippen molar-refractivity contribution < 1.29 is 18.3 Å². The second-order valence-corrected chi connectivity index (χ2v) is 2.75. The summed E-state index contributed by atoms with van der Waals surface area (Å²) < 4.78 is 31.1. The molecule has 14 heavy (non-hydrogen) atoms. The summed E-state index contributed by atoms with van der Waals surface area (Å²) in [5.41, 5.74) is -0.300. The minimum absolute atomic E-state index is 0.157. The topological polar surface area (TPSA) is 26.3 Å². The number of rotatable bonds is 4. The van der Waals surface area contributed by atoms with E-state index in [1.54, 1.807) is 0 Å². The van der Waals surface area contributed by atoms with Gasteiger partial charge in [-0.15, -0.1) is 0 Å². The van der Waals surface area contributed by atoms with Gasteiger partial charge in [0, 0.05) is 0 Å². The van der Waals surface area contributed by atoms with Crippen LogP contribution in [0.1, 0.15) is 23.7 Å². The van der Waals surface area contributed by atoms with Gasteiger partial charge in [0.05, 0.1) is 12.2 Å². The predicted octanol–water partition coefficient (Wildman–Crippen LogP) is 2.57. The predicted molar refractivity (Wildman–Crippen MR) is 47.5 cm³/mol. The molecule has 0 aliphatic heterocycles. The lowest BCUT2D eigenvalue weighted by atomic mass is 10.2. The monoisotopic (exact) mass is 200 g/mol. The maximum atomic E-state index is 13.1. The smallest absolute Gasteiger partial charge is 0.201 e. The summed E-state index contributed by atoms with van der Waals surface area (Å²) in [6, 6.07) is 2.44. The first-order valence-electron chi connectivity index (χ1n) is 4.26. The summed E-state index contributed by atoms with van der Waals surface area (Å²) in [5, 5.41) is 0. The van der Waals surface area contributed by atoms with Gasteiger partial charge in [0.1, 0.15) is 0 Å². The van der Waals surface area contributed by atoms with Crippen LogP contribution in [0.4, 0.5) is 8.78 Å². The molecule has 0 aliphatic rings. The molecule has 0 fully saturated rings. The number of carbonyl (C=O) groups excluding carboxylic acids is 1. The Bertz CT molecular complexity index is 337. The van der Waals surface area contributed by atoms with Crippen molar-refractivity contribution in [2.45, 2.75) is 13.3 Å². The molecule has 0 heterocycles. The lowest BCUT2D eigenvalue weighted by Gasteiger charge is -2.06. The van der Waals surface area contributed by atoms with Gasteiger partial charge < -0.3 is 4.74 Å². The number of hydrogen-bond acceptors (Lipinski definition) is 2. The highest BCUT2D eigenvalue weighted by Crippen LogP contribution is 2.21. The molecule has 0 aliphatic carbocycles. The first kappa shape index (κ1) is 10.6. The fourth-order valence-electron chi connectivity index (χ4n) is 0.961. The van der Waals surface area contributed by atoms with Gasteiger partial charge in [0.25, 0.3) is 0 Å². The van der Waals surface area contributed by atoms with Gasteiger partial charge in [-0.3, -0.25) is 4.79 Å². The second kappa shape index (κ2) is 4.69. The molecule has 0 saturated carbocycles. The standard InChI is InChI=1S/C10H10F2O2/c1-2-5-14-8-4-3-7(6-13)9(11)10(8)12/h3-4,6H,2,5H2,1H3. The van der Waals surface area contributed by atoms with Crippen LogP contribution in [0.2, 0.25) is 0 Å². The zero-order valence-corrected chi connectivity index (χ0v) is 7.72. The van der Waals surface area contributed by atoms with E-state index in [1.165, 1.54) is 12.1 Å². The molecular weight excluding hydrogens is 190 g/mol. The van der Waals surface area contributed by atoms with Crippen molar-refractivity contribution in [1.29, 1.82) is 0 Å². The number of benzene rings is 1. The molecule has 2 nitrogen and oxygen atoms in total. The van der Waals surface area contributed by atoms with Crippen LogP contribution in [-0.4, -0.2) is 12.9 Å². The zero-order chi connectivity index (χ0) is 10.6. The summed E-state index contributed by atoms with van der Waals surface area (Å²) in [5.74, 6) is -2.42. The minimum atomic E-state index is -1.16. The van der Waals surface area contributed by atoms with Crippen LogP contribution >= 0.6 is 0 Å². The Hall–Kier alpha value is -1.45. The highest BCUT2D eigenvalue weighted by atomic mass is 19.2. The summed E-state index contributed by atoms with van der Waals surface area (Å²) in [7, 11) is 0. The van der Waals surface area contributed by atoms with Crippen LogP contribution < -0.4 is 4.74 Å². The summed E-state index contributed by atoms with van der Waals surface area (Å²) in [6.45, 7) is 2.17. The molecule has 0 bridgehead atoms. The van der Waals surface area contributed by atoms with Gasteiger partial charge in [0.2, 0.25) is 5.82 Å². The molecule has 0 N–H and O–H groups in total. The third-order valence-corrected chi connectivity index (χ3v) is 1.67. The van der Waals surface area contributed by atoms with Gasteiger partial charge in [-0.1, -0.05) is 6.92 Å². The second-order valence-electron chi connectivity index (χ2n) is 2.75. The summed E-state index contributed by atoms with van der Waals surface area (Å²) in [6.07, 6.45) is 0.971. The maximum Gasteiger partial charge on any atom is 0.201 e. The van der Waals surface area contributed by atoms with E-state index in [2.05, 4.69) is 0 Å². The number of hydrogen-bond donors (Lipinski definition) is 0. The van der Waals surface area contributed by atoms with Crippen LogP contribution in [0.5, 0.6) is 5.75 Å². The Morgan fingerprint density at radius 2 is 2.07 bits per heavy atom. The Labute approximate surface area is 80.5 Å². The Balaban J connectivity index is 2.98. The third kappa shape index (κ3) is 2.07. The molecular formula is C10H10F2O2. The number of aldehydes is 1. The van der Waals surface area contributed by atoms with Gasteiger partial charge in [0.15, 0.2) is 17.9 Å². The highest BCUT2D eigenvalue weighted by molar-refractivity contribution is 5.75. The van der Waals surface area contributed by atoms with Crippen molar-refractivity contribution in [3.8, 4) is 5.75 Å². The van der Waals surface area contributed by atoms with E-state index >= 15 is 0 Å². The molecule has 1 aromatic carbocycles. The first-order valence-corrected chi connectivity index (χ1v) is 4.26. The van der Waals surface area contributed by atoms with Crippen LogP contribution in [0.15, 0.2) is 12.1 Å². The fraction of sp³-hybridized carbons (Fsp3) is 0.300. The average Bonchev–Trinajstić information content (AvgIpc) is 2.20. The van der Waals surface area contributed by atoms with Gasteiger partial charge >= 0.3 is 0 Å². The van der Waals surface area contributed by atoms with Gasteiger partial charge in [-0.05, 0) is 18.6 Å². The fourth-order valence-corrected chi connectivity index (χ4v) is 0.961. The molecule has 76 valence electrons. The van der Waals surface area contributed by atoms with Crippen LogP contribution in [0.3, 0.4) is 0 Å². The molecule has 1 aromatic rings. The molecule has 4 heteroatoms. The number of carbonyl (C=O) groups is 1. The SMILES string of the molecule is CCCOc1ccc(C=O)c(F)c1F. The molecule has 0 saturated heterocycles. The normalized spacial score (nSPS) is 9.93. The van der Waals surface area contributed by atoms with Crippen molar-refractivity contribution in [3.05, 3.63) is 29.3 Å². The average molecular weight is 200 g/mol. The molecule has 0 aromatic heterocycles. The van der Waals surface area contributed by atoms with Crippen molar-refractivity contribution in [3.63, 3.8) is 0 Å². The lowest BCUT2D eigenvalue weighted by Crippen LogP contribution is -2.01. The molecule has 1 rings (SSSR count). The van der Waals surface area contributed by atoms with Crippen LogP contribution in [-0.2, 0) is 0 Å². The van der Waals surface area contributed by atoms with Crippen LogP contribution in [0, 0.1) is 11.6 Å². The first-order chi connectivity index (χ1) is 6.70. The Morgan fingerprint density at radius 1 is 1.36 bits per heavy atom. The number of halogens is 2. The molecule has 0 amide bonds. The van der Waals surface area contributed by atoms with E-state index in [1.807, 2.05) is 6.92 Å². The van der Waals surface area contributed by atoms with E-state index in [0.29, 0.717) is 13.0 Å². The summed E-state index contributed by atoms with van der Waals surface area (Å²) in [4.78, 5) is 10.3. The Kier molecular flexibility index (Phi) is 3.56. The highest BCUT2D eigenvalue weighted by Gasteiger charge is 2.13. The van der Waals surface area contributed by atoms with E-state index in [-0.39, 0.29) is 17.6 Å². The largest absolute Gasteiger partial charge is 0.490 e. The zero-order valence-electron chi connectivity index (χ0n) is 7.72. The van der Waals surface area contributed by atoms with Crippen molar-refractivity contribution in [1.82, 2.24) is 0 Å². The van der Waals surface area contributed by atoms with E-state index in [0.717, 1.165) is 0 Å². The summed E-state index contributed by atoms with van der Waals surface area (Å²) >= 11 is 0. The third-order valence-electron chi connectivity index (χ3n) is 1.67. The minimum Gasteiger partial charge on any atom is -0.490 e. The van der Waals surface area contributed by atoms with E-state index in [4.69, 9.17) is 4.74 Å². The molecule has 0 atom stereocenters. The molecule has 0 radical (unpaired) electrons. The van der Waals surface area contributed by atoms with Gasteiger partial charge in [-0.25, -0.2) is 4.39 Å². The molecule has 0 spiro atoms.